The molecule has 0 aliphatic heterocycles. The molecule has 4 heteroatoms. The first-order chi connectivity index (χ1) is 6.74. The minimum Gasteiger partial charge on any atom is -0.330 e. The first-order valence-corrected chi connectivity index (χ1v) is 5.16. The molecule has 0 radical (unpaired) electrons. The van der Waals surface area contributed by atoms with Crippen molar-refractivity contribution in [3.05, 3.63) is 18.0 Å². The molecule has 80 valence electrons. The van der Waals surface area contributed by atoms with E-state index in [9.17, 15) is 0 Å². The highest BCUT2D eigenvalue weighted by Crippen LogP contribution is 2.09. The fourth-order valence-electron chi connectivity index (χ4n) is 1.37. The second-order valence-electron chi connectivity index (χ2n) is 3.62. The number of hydrogen-bond donors (Lipinski definition) is 2. The number of rotatable bonds is 6. The molecule has 1 aromatic heterocycles. The molecule has 0 saturated carbocycles. The Morgan fingerprint density at radius 3 is 2.93 bits per heavy atom. The highest BCUT2D eigenvalue weighted by Gasteiger charge is 2.05. The largest absolute Gasteiger partial charge is 0.330 e. The second-order valence-corrected chi connectivity index (χ2v) is 3.62. The van der Waals surface area contributed by atoms with E-state index in [1.165, 1.54) is 5.56 Å². The Kier molecular flexibility index (Phi) is 4.62. The van der Waals surface area contributed by atoms with Gasteiger partial charge >= 0.3 is 0 Å². The van der Waals surface area contributed by atoms with E-state index in [0.717, 1.165) is 25.9 Å². The highest BCUT2D eigenvalue weighted by atomic mass is 15.2. The van der Waals surface area contributed by atoms with E-state index in [-0.39, 0.29) is 0 Å². The van der Waals surface area contributed by atoms with E-state index in [1.54, 1.807) is 0 Å². The van der Waals surface area contributed by atoms with Crippen LogP contribution in [-0.2, 0) is 7.05 Å². The minimum absolute atomic E-state index is 0.376. The van der Waals surface area contributed by atoms with Gasteiger partial charge in [0.05, 0.1) is 6.20 Å². The molecule has 14 heavy (non-hydrogen) atoms. The third kappa shape index (κ3) is 3.47. The zero-order valence-corrected chi connectivity index (χ0v) is 9.03. The van der Waals surface area contributed by atoms with Crippen molar-refractivity contribution in [1.29, 1.82) is 0 Å². The Labute approximate surface area is 85.5 Å². The van der Waals surface area contributed by atoms with Crippen molar-refractivity contribution in [3.8, 4) is 0 Å². The van der Waals surface area contributed by atoms with Crippen LogP contribution >= 0.6 is 0 Å². The average molecular weight is 196 g/mol. The van der Waals surface area contributed by atoms with Crippen molar-refractivity contribution in [3.63, 3.8) is 0 Å². The molecule has 0 aliphatic carbocycles. The van der Waals surface area contributed by atoms with Crippen LogP contribution in [0.2, 0.25) is 0 Å². The van der Waals surface area contributed by atoms with Crippen LogP contribution in [0.25, 0.3) is 0 Å². The summed E-state index contributed by atoms with van der Waals surface area (Å²) in [5.41, 5.74) is 6.66. The number of aromatic nitrogens is 2. The predicted octanol–water partition coefficient (Wildman–Crippen LogP) is 0.810. The molecular formula is C10H20N4. The van der Waals surface area contributed by atoms with Crippen LogP contribution in [0.3, 0.4) is 0 Å². The molecule has 0 aromatic carbocycles. The maximum absolute atomic E-state index is 5.42. The van der Waals surface area contributed by atoms with Gasteiger partial charge in [0.25, 0.3) is 0 Å². The summed E-state index contributed by atoms with van der Waals surface area (Å²) >= 11 is 0. The van der Waals surface area contributed by atoms with Gasteiger partial charge in [0.15, 0.2) is 0 Å². The number of nitrogens with zero attached hydrogens (tertiary/aromatic N) is 2. The average Bonchev–Trinajstić information content (AvgIpc) is 2.59. The summed E-state index contributed by atoms with van der Waals surface area (Å²) in [4.78, 5) is 0. The van der Waals surface area contributed by atoms with Crippen LogP contribution in [-0.4, -0.2) is 22.9 Å². The van der Waals surface area contributed by atoms with E-state index in [4.69, 9.17) is 5.73 Å². The highest BCUT2D eigenvalue weighted by molar-refractivity contribution is 5.08. The number of hydrogen-bond acceptors (Lipinski definition) is 3. The van der Waals surface area contributed by atoms with Gasteiger partial charge in [-0.2, -0.15) is 5.10 Å². The molecule has 1 rings (SSSR count). The monoisotopic (exact) mass is 196 g/mol. The Morgan fingerprint density at radius 2 is 2.36 bits per heavy atom. The molecule has 1 aromatic rings. The molecular weight excluding hydrogens is 176 g/mol. The summed E-state index contributed by atoms with van der Waals surface area (Å²) in [5.74, 6) is 0. The van der Waals surface area contributed by atoms with E-state index in [0.29, 0.717) is 6.04 Å². The molecule has 0 aliphatic rings. The molecule has 0 amide bonds. The normalized spacial score (nSPS) is 13.1. The number of nitrogens with two attached hydrogens (primary N) is 1. The Bertz CT molecular complexity index is 256. The topological polar surface area (TPSA) is 55.9 Å². The summed E-state index contributed by atoms with van der Waals surface area (Å²) < 4.78 is 1.83. The molecule has 1 unspecified atom stereocenters. The minimum atomic E-state index is 0.376. The van der Waals surface area contributed by atoms with Crippen molar-refractivity contribution < 1.29 is 0 Å². The maximum atomic E-state index is 5.42. The van der Waals surface area contributed by atoms with Crippen LogP contribution < -0.4 is 11.1 Å². The number of nitrogens with one attached hydrogen (secondary N) is 1. The van der Waals surface area contributed by atoms with E-state index in [1.807, 2.05) is 24.1 Å². The van der Waals surface area contributed by atoms with Crippen LogP contribution in [0.1, 0.15) is 31.4 Å². The summed E-state index contributed by atoms with van der Waals surface area (Å²) in [6.07, 6.45) is 6.18. The predicted molar refractivity (Wildman–Crippen MR) is 57.9 cm³/mol. The van der Waals surface area contributed by atoms with Crippen molar-refractivity contribution in [2.45, 2.75) is 25.8 Å². The molecule has 1 heterocycles. The number of aryl methyl sites for hydroxylation is 1. The summed E-state index contributed by atoms with van der Waals surface area (Å²) in [6, 6.07) is 0.376. The third-order valence-corrected chi connectivity index (χ3v) is 2.31. The first kappa shape index (κ1) is 11.2. The SMILES string of the molecule is CC(NCCCCN)c1cnn(C)c1. The summed E-state index contributed by atoms with van der Waals surface area (Å²) in [5, 5.41) is 7.58. The molecule has 0 spiro atoms. The van der Waals surface area contributed by atoms with Gasteiger partial charge < -0.3 is 11.1 Å². The Balaban J connectivity index is 2.25. The fourth-order valence-corrected chi connectivity index (χ4v) is 1.37. The van der Waals surface area contributed by atoms with Gasteiger partial charge in [-0.3, -0.25) is 4.68 Å². The lowest BCUT2D eigenvalue weighted by atomic mass is 10.2. The summed E-state index contributed by atoms with van der Waals surface area (Å²) in [6.45, 7) is 3.95. The standard InChI is InChI=1S/C10H20N4/c1-9(12-6-4-3-5-11)10-7-13-14(2)8-10/h7-9,12H,3-6,11H2,1-2H3. The van der Waals surface area contributed by atoms with Crippen LogP contribution in [0, 0.1) is 0 Å². The first-order valence-electron chi connectivity index (χ1n) is 5.16. The molecule has 1 atom stereocenters. The Hall–Kier alpha value is -0.870. The molecule has 4 nitrogen and oxygen atoms in total. The zero-order valence-electron chi connectivity index (χ0n) is 9.03. The Morgan fingerprint density at radius 1 is 1.57 bits per heavy atom. The lowest BCUT2D eigenvalue weighted by Crippen LogP contribution is -2.20. The van der Waals surface area contributed by atoms with Crippen molar-refractivity contribution >= 4 is 0 Å². The quantitative estimate of drug-likeness (QED) is 0.662. The van der Waals surface area contributed by atoms with E-state index >= 15 is 0 Å². The van der Waals surface area contributed by atoms with Gasteiger partial charge in [0, 0.05) is 24.8 Å². The molecule has 0 saturated heterocycles. The lowest BCUT2D eigenvalue weighted by Gasteiger charge is -2.11. The second kappa shape index (κ2) is 5.78. The molecule has 0 fully saturated rings. The zero-order chi connectivity index (χ0) is 10.4. The van der Waals surface area contributed by atoms with Crippen molar-refractivity contribution in [2.75, 3.05) is 13.1 Å². The van der Waals surface area contributed by atoms with Gasteiger partial charge in [-0.15, -0.1) is 0 Å². The van der Waals surface area contributed by atoms with Crippen molar-refractivity contribution in [1.82, 2.24) is 15.1 Å². The fraction of sp³-hybridized carbons (Fsp3) is 0.700. The van der Waals surface area contributed by atoms with Gasteiger partial charge in [0.1, 0.15) is 0 Å². The van der Waals surface area contributed by atoms with Crippen LogP contribution in [0.4, 0.5) is 0 Å². The lowest BCUT2D eigenvalue weighted by molar-refractivity contribution is 0.548. The maximum Gasteiger partial charge on any atom is 0.0537 e. The number of unbranched alkanes of at least 4 members (excludes halogenated alkanes) is 1. The third-order valence-electron chi connectivity index (χ3n) is 2.31. The molecule has 3 N–H and O–H groups in total. The van der Waals surface area contributed by atoms with Crippen molar-refractivity contribution in [2.24, 2.45) is 12.8 Å². The van der Waals surface area contributed by atoms with E-state index in [2.05, 4.69) is 17.3 Å². The van der Waals surface area contributed by atoms with E-state index < -0.39 is 0 Å². The van der Waals surface area contributed by atoms with Gasteiger partial charge in [-0.05, 0) is 32.9 Å². The van der Waals surface area contributed by atoms with Gasteiger partial charge in [-0.1, -0.05) is 0 Å². The van der Waals surface area contributed by atoms with Crippen LogP contribution in [0.15, 0.2) is 12.4 Å². The summed E-state index contributed by atoms with van der Waals surface area (Å²) in [7, 11) is 1.94. The van der Waals surface area contributed by atoms with Gasteiger partial charge in [0.2, 0.25) is 0 Å². The smallest absolute Gasteiger partial charge is 0.0537 e. The van der Waals surface area contributed by atoms with Gasteiger partial charge in [-0.25, -0.2) is 0 Å². The van der Waals surface area contributed by atoms with Crippen LogP contribution in [0.5, 0.6) is 0 Å². The molecule has 0 bridgehead atoms.